The Labute approximate surface area is 125 Å². The van der Waals surface area contributed by atoms with Gasteiger partial charge in [-0.25, -0.2) is 9.67 Å². The van der Waals surface area contributed by atoms with E-state index in [0.717, 1.165) is 43.1 Å². The first-order chi connectivity index (χ1) is 10.1. The van der Waals surface area contributed by atoms with Gasteiger partial charge in [0.25, 0.3) is 0 Å². The molecule has 112 valence electrons. The van der Waals surface area contributed by atoms with Crippen LogP contribution < -0.4 is 0 Å². The van der Waals surface area contributed by atoms with Crippen molar-refractivity contribution in [1.82, 2.24) is 19.7 Å². The number of hydrogen-bond donors (Lipinski definition) is 0. The zero-order chi connectivity index (χ0) is 15.1. The van der Waals surface area contributed by atoms with Gasteiger partial charge in [0.15, 0.2) is 0 Å². The minimum absolute atomic E-state index is 0.761. The lowest BCUT2D eigenvalue weighted by Crippen LogP contribution is -2.12. The minimum atomic E-state index is 0.761. The highest BCUT2D eigenvalue weighted by Crippen LogP contribution is 2.15. The smallest absolute Gasteiger partial charge is 0.147 e. The van der Waals surface area contributed by atoms with Crippen molar-refractivity contribution >= 4 is 5.69 Å². The molecule has 21 heavy (non-hydrogen) atoms. The Morgan fingerprint density at radius 2 is 1.90 bits per heavy atom. The lowest BCUT2D eigenvalue weighted by atomic mass is 10.3. The van der Waals surface area contributed by atoms with Gasteiger partial charge in [0, 0.05) is 0 Å². The summed E-state index contributed by atoms with van der Waals surface area (Å²) < 4.78 is 1.75. The van der Waals surface area contributed by atoms with Crippen molar-refractivity contribution in [2.45, 2.75) is 19.8 Å². The maximum atomic E-state index is 4.27. The number of rotatable bonds is 7. The fourth-order valence-electron chi connectivity index (χ4n) is 1.88. The molecule has 0 amide bonds. The Morgan fingerprint density at radius 3 is 2.52 bits per heavy atom. The summed E-state index contributed by atoms with van der Waals surface area (Å²) in [5.74, 6) is 0.761. The van der Waals surface area contributed by atoms with Crippen LogP contribution in [0.1, 0.15) is 18.7 Å². The van der Waals surface area contributed by atoms with Crippen molar-refractivity contribution in [2.24, 2.45) is 10.2 Å². The first kappa shape index (κ1) is 15.3. The molecule has 0 radical (unpaired) electrons. The van der Waals surface area contributed by atoms with E-state index in [1.807, 2.05) is 31.2 Å². The zero-order valence-electron chi connectivity index (χ0n) is 12.9. The second-order valence-corrected chi connectivity index (χ2v) is 5.23. The van der Waals surface area contributed by atoms with Gasteiger partial charge >= 0.3 is 0 Å². The molecule has 0 saturated carbocycles. The van der Waals surface area contributed by atoms with Crippen LogP contribution in [0.5, 0.6) is 0 Å². The molecule has 6 heteroatoms. The van der Waals surface area contributed by atoms with Crippen LogP contribution in [0.25, 0.3) is 5.69 Å². The van der Waals surface area contributed by atoms with Gasteiger partial charge in [0.1, 0.15) is 12.2 Å². The Hall–Kier alpha value is -2.08. The SMILES string of the molecule is Cc1ncn(-c2ccc(N=NCCCCN(C)C)cc2)n1. The van der Waals surface area contributed by atoms with Crippen molar-refractivity contribution in [3.8, 4) is 5.69 Å². The van der Waals surface area contributed by atoms with Crippen molar-refractivity contribution < 1.29 is 0 Å². The van der Waals surface area contributed by atoms with Crippen LogP contribution in [0, 0.1) is 6.92 Å². The molecule has 0 saturated heterocycles. The molecule has 0 unspecified atom stereocenters. The molecule has 2 aromatic rings. The molecular formula is C15H22N6. The maximum Gasteiger partial charge on any atom is 0.147 e. The second kappa shape index (κ2) is 7.64. The molecule has 0 bridgehead atoms. The predicted molar refractivity (Wildman–Crippen MR) is 83.3 cm³/mol. The van der Waals surface area contributed by atoms with Crippen LogP contribution in [-0.2, 0) is 0 Å². The normalized spacial score (nSPS) is 11.6. The Balaban J connectivity index is 1.82. The fourth-order valence-corrected chi connectivity index (χ4v) is 1.88. The van der Waals surface area contributed by atoms with E-state index in [-0.39, 0.29) is 0 Å². The molecule has 0 N–H and O–H groups in total. The van der Waals surface area contributed by atoms with Crippen molar-refractivity contribution in [1.29, 1.82) is 0 Å². The summed E-state index contributed by atoms with van der Waals surface area (Å²) >= 11 is 0. The first-order valence-corrected chi connectivity index (χ1v) is 7.16. The number of aryl methyl sites for hydroxylation is 1. The van der Waals surface area contributed by atoms with Gasteiger partial charge in [0.05, 0.1) is 17.9 Å². The highest BCUT2D eigenvalue weighted by atomic mass is 15.3. The van der Waals surface area contributed by atoms with Crippen LogP contribution in [0.4, 0.5) is 5.69 Å². The molecule has 0 aliphatic carbocycles. The Morgan fingerprint density at radius 1 is 1.14 bits per heavy atom. The van der Waals surface area contributed by atoms with Gasteiger partial charge in [-0.2, -0.15) is 15.3 Å². The lowest BCUT2D eigenvalue weighted by Gasteiger charge is -2.07. The standard InChI is InChI=1S/C15H22N6/c1-13-16-12-21(19-13)15-8-6-14(7-9-15)18-17-10-4-5-11-20(2)3/h6-9,12H,4-5,10-11H2,1-3H3. The van der Waals surface area contributed by atoms with E-state index >= 15 is 0 Å². The summed E-state index contributed by atoms with van der Waals surface area (Å²) in [6, 6.07) is 7.81. The highest BCUT2D eigenvalue weighted by Gasteiger charge is 1.99. The summed E-state index contributed by atoms with van der Waals surface area (Å²) in [5, 5.41) is 12.7. The van der Waals surface area contributed by atoms with Crippen LogP contribution in [0.3, 0.4) is 0 Å². The molecule has 0 aliphatic heterocycles. The molecule has 1 aromatic carbocycles. The van der Waals surface area contributed by atoms with Crippen molar-refractivity contribution in [2.75, 3.05) is 27.2 Å². The second-order valence-electron chi connectivity index (χ2n) is 5.23. The van der Waals surface area contributed by atoms with E-state index in [1.165, 1.54) is 0 Å². The van der Waals surface area contributed by atoms with Crippen LogP contribution in [-0.4, -0.2) is 46.8 Å². The molecule has 1 heterocycles. The summed E-state index contributed by atoms with van der Waals surface area (Å²) in [6.45, 7) is 3.74. The van der Waals surface area contributed by atoms with E-state index < -0.39 is 0 Å². The molecule has 2 rings (SSSR count). The van der Waals surface area contributed by atoms with Gasteiger partial charge in [-0.15, -0.1) is 0 Å². The third kappa shape index (κ3) is 5.07. The van der Waals surface area contributed by atoms with E-state index in [9.17, 15) is 0 Å². The number of benzene rings is 1. The average molecular weight is 286 g/mol. The third-order valence-corrected chi connectivity index (χ3v) is 3.02. The van der Waals surface area contributed by atoms with Gasteiger partial charge in [0.2, 0.25) is 0 Å². The zero-order valence-corrected chi connectivity index (χ0v) is 12.9. The van der Waals surface area contributed by atoms with Crippen LogP contribution in [0.15, 0.2) is 40.8 Å². The molecule has 0 atom stereocenters. The summed E-state index contributed by atoms with van der Waals surface area (Å²) in [5.41, 5.74) is 1.84. The third-order valence-electron chi connectivity index (χ3n) is 3.02. The number of aromatic nitrogens is 3. The van der Waals surface area contributed by atoms with Gasteiger partial charge in [-0.1, -0.05) is 0 Å². The van der Waals surface area contributed by atoms with Crippen LogP contribution >= 0.6 is 0 Å². The highest BCUT2D eigenvalue weighted by molar-refractivity contribution is 5.43. The predicted octanol–water partition coefficient (Wildman–Crippen LogP) is 3.00. The number of hydrogen-bond acceptors (Lipinski definition) is 5. The van der Waals surface area contributed by atoms with Crippen LogP contribution in [0.2, 0.25) is 0 Å². The van der Waals surface area contributed by atoms with E-state index in [2.05, 4.69) is 39.3 Å². The van der Waals surface area contributed by atoms with Crippen molar-refractivity contribution in [3.63, 3.8) is 0 Å². The topological polar surface area (TPSA) is 58.7 Å². The molecule has 6 nitrogen and oxygen atoms in total. The number of nitrogens with zero attached hydrogens (tertiary/aromatic N) is 6. The van der Waals surface area contributed by atoms with Crippen molar-refractivity contribution in [3.05, 3.63) is 36.4 Å². The molecule has 0 aliphatic rings. The average Bonchev–Trinajstić information content (AvgIpc) is 2.90. The van der Waals surface area contributed by atoms with E-state index in [4.69, 9.17) is 0 Å². The largest absolute Gasteiger partial charge is 0.309 e. The number of unbranched alkanes of at least 4 members (excludes halogenated alkanes) is 1. The fraction of sp³-hybridized carbons (Fsp3) is 0.467. The van der Waals surface area contributed by atoms with Gasteiger partial charge < -0.3 is 4.90 Å². The summed E-state index contributed by atoms with van der Waals surface area (Å²) in [6.07, 6.45) is 3.92. The summed E-state index contributed by atoms with van der Waals surface area (Å²) in [7, 11) is 4.17. The molecule has 1 aromatic heterocycles. The Kier molecular flexibility index (Phi) is 5.57. The van der Waals surface area contributed by atoms with E-state index in [1.54, 1.807) is 11.0 Å². The Bertz CT molecular complexity index is 570. The monoisotopic (exact) mass is 286 g/mol. The van der Waals surface area contributed by atoms with Gasteiger partial charge in [-0.05, 0) is 64.7 Å². The molecule has 0 fully saturated rings. The molecular weight excluding hydrogens is 264 g/mol. The minimum Gasteiger partial charge on any atom is -0.309 e. The quantitative estimate of drug-likeness (QED) is 0.580. The number of azo groups is 1. The molecule has 0 spiro atoms. The summed E-state index contributed by atoms with van der Waals surface area (Å²) in [4.78, 5) is 6.29. The van der Waals surface area contributed by atoms with E-state index in [0.29, 0.717) is 0 Å². The maximum absolute atomic E-state index is 4.27. The first-order valence-electron chi connectivity index (χ1n) is 7.16. The van der Waals surface area contributed by atoms with Gasteiger partial charge in [-0.3, -0.25) is 0 Å². The lowest BCUT2D eigenvalue weighted by molar-refractivity contribution is 0.395.